The van der Waals surface area contributed by atoms with Gasteiger partial charge in [-0.15, -0.1) is 0 Å². The molecule has 1 unspecified atom stereocenters. The number of nitriles is 1. The normalized spacial score (nSPS) is 13.0. The summed E-state index contributed by atoms with van der Waals surface area (Å²) in [5.41, 5.74) is 8.43. The first-order valence-corrected chi connectivity index (χ1v) is 21.9. The summed E-state index contributed by atoms with van der Waals surface area (Å²) in [5.74, 6) is 2.78. The molecule has 2 N–H and O–H groups in total. The first kappa shape index (κ1) is 57.6. The highest BCUT2D eigenvalue weighted by Crippen LogP contribution is 2.35. The summed E-state index contributed by atoms with van der Waals surface area (Å²) in [6, 6.07) is 40.6. The molecule has 6 rings (SSSR count). The summed E-state index contributed by atoms with van der Waals surface area (Å²) in [4.78, 5) is 0. The maximum atomic E-state index is 7.89. The van der Waals surface area contributed by atoms with Crippen LogP contribution in [0.15, 0.2) is 109 Å². The van der Waals surface area contributed by atoms with Crippen molar-refractivity contribution in [3.05, 3.63) is 143 Å². The van der Waals surface area contributed by atoms with Gasteiger partial charge in [-0.05, 0) is 111 Å². The van der Waals surface area contributed by atoms with E-state index >= 15 is 0 Å². The Kier molecular flexibility index (Phi) is 39.6. The van der Waals surface area contributed by atoms with E-state index in [4.69, 9.17) is 10.00 Å². The molecule has 2 fully saturated rings. The Morgan fingerprint density at radius 1 is 0.596 bits per heavy atom. The average molecular weight is 782 g/mol. The van der Waals surface area contributed by atoms with Gasteiger partial charge in [0.05, 0.1) is 12.7 Å². The molecule has 320 valence electrons. The van der Waals surface area contributed by atoms with Crippen LogP contribution in [0.4, 0.5) is 0 Å². The SMILES string of the molecule is C.CC.CC.CC(C)C#N.CC(COCc1ccccc1)CC1CC1.CCc1ccc(CC)cc1.Cc1ccccc1C.O.c1ccc(C2CCCCCC2)cc1. The highest BCUT2D eigenvalue weighted by molar-refractivity contribution is 5.24. The number of benzene rings is 4. The number of aryl methyl sites for hydroxylation is 4. The molecule has 0 bridgehead atoms. The zero-order valence-corrected chi connectivity index (χ0v) is 37.7. The molecule has 0 aromatic heterocycles. The fourth-order valence-electron chi connectivity index (χ4n) is 5.95. The predicted molar refractivity (Wildman–Crippen MR) is 254 cm³/mol. The van der Waals surface area contributed by atoms with Crippen molar-refractivity contribution in [1.29, 1.82) is 5.26 Å². The third-order valence-corrected chi connectivity index (χ3v) is 9.60. The van der Waals surface area contributed by atoms with Crippen LogP contribution in [0.5, 0.6) is 0 Å². The van der Waals surface area contributed by atoms with Gasteiger partial charge in [0, 0.05) is 12.5 Å². The quantitative estimate of drug-likeness (QED) is 0.159. The highest BCUT2D eigenvalue weighted by atomic mass is 16.5. The van der Waals surface area contributed by atoms with Gasteiger partial charge in [0.2, 0.25) is 0 Å². The van der Waals surface area contributed by atoms with Crippen molar-refractivity contribution in [1.82, 2.24) is 0 Å². The summed E-state index contributed by atoms with van der Waals surface area (Å²) >= 11 is 0. The van der Waals surface area contributed by atoms with E-state index in [1.165, 1.54) is 85.6 Å². The van der Waals surface area contributed by atoms with Crippen LogP contribution in [-0.2, 0) is 24.2 Å². The van der Waals surface area contributed by atoms with Gasteiger partial charge in [-0.2, -0.15) is 5.26 Å². The summed E-state index contributed by atoms with van der Waals surface area (Å²) in [6.45, 7) is 24.3. The molecule has 57 heavy (non-hydrogen) atoms. The molecule has 0 radical (unpaired) electrons. The van der Waals surface area contributed by atoms with E-state index in [1.807, 2.05) is 53.7 Å². The lowest BCUT2D eigenvalue weighted by molar-refractivity contribution is 0.0878. The van der Waals surface area contributed by atoms with Crippen LogP contribution in [0.3, 0.4) is 0 Å². The summed E-state index contributed by atoms with van der Waals surface area (Å²) in [6.07, 6.45) is 15.1. The van der Waals surface area contributed by atoms with Crippen LogP contribution in [0.2, 0.25) is 0 Å². The van der Waals surface area contributed by atoms with Crippen molar-refractivity contribution in [3.8, 4) is 6.07 Å². The van der Waals surface area contributed by atoms with Crippen molar-refractivity contribution in [2.75, 3.05) is 6.61 Å². The summed E-state index contributed by atoms with van der Waals surface area (Å²) in [5, 5.41) is 7.89. The Morgan fingerprint density at radius 2 is 1.00 bits per heavy atom. The first-order chi connectivity index (χ1) is 26.7. The Balaban J connectivity index is -0.000000642. The number of hydrogen-bond donors (Lipinski definition) is 0. The van der Waals surface area contributed by atoms with E-state index in [9.17, 15) is 0 Å². The Hall–Kier alpha value is -3.71. The zero-order chi connectivity index (χ0) is 41.1. The van der Waals surface area contributed by atoms with Gasteiger partial charge in [-0.25, -0.2) is 0 Å². The fraction of sp³-hybridized carbons (Fsp3) is 0.537. The molecule has 0 spiro atoms. The lowest BCUT2D eigenvalue weighted by Crippen LogP contribution is -2.06. The minimum absolute atomic E-state index is 0. The number of rotatable bonds is 9. The minimum atomic E-state index is 0. The molecule has 1 atom stereocenters. The Bertz CT molecular complexity index is 1390. The van der Waals surface area contributed by atoms with Crippen LogP contribution in [-0.4, -0.2) is 12.1 Å². The van der Waals surface area contributed by atoms with E-state index in [2.05, 4.69) is 138 Å². The largest absolute Gasteiger partial charge is 0.412 e. The van der Waals surface area contributed by atoms with Gasteiger partial charge in [0.15, 0.2) is 0 Å². The molecule has 3 heteroatoms. The highest BCUT2D eigenvalue weighted by Gasteiger charge is 2.23. The summed E-state index contributed by atoms with van der Waals surface area (Å²) in [7, 11) is 0. The van der Waals surface area contributed by atoms with Gasteiger partial charge in [0.1, 0.15) is 0 Å². The van der Waals surface area contributed by atoms with Crippen LogP contribution in [0.25, 0.3) is 0 Å². The van der Waals surface area contributed by atoms with Crippen molar-refractivity contribution in [2.45, 2.75) is 167 Å². The number of hydrogen-bond acceptors (Lipinski definition) is 2. The van der Waals surface area contributed by atoms with E-state index < -0.39 is 0 Å². The second kappa shape index (κ2) is 39.1. The first-order valence-electron chi connectivity index (χ1n) is 21.9. The molecule has 2 saturated carbocycles. The van der Waals surface area contributed by atoms with E-state index in [0.29, 0.717) is 0 Å². The van der Waals surface area contributed by atoms with Crippen molar-refractivity contribution >= 4 is 0 Å². The van der Waals surface area contributed by atoms with Gasteiger partial charge in [-0.3, -0.25) is 0 Å². The minimum Gasteiger partial charge on any atom is -0.412 e. The van der Waals surface area contributed by atoms with Crippen LogP contribution < -0.4 is 0 Å². The molecule has 2 aliphatic rings. The van der Waals surface area contributed by atoms with Gasteiger partial charge >= 0.3 is 0 Å². The molecule has 2 aliphatic carbocycles. The lowest BCUT2D eigenvalue weighted by Gasteiger charge is -2.13. The monoisotopic (exact) mass is 782 g/mol. The Labute approximate surface area is 354 Å². The second-order valence-electron chi connectivity index (χ2n) is 14.8. The van der Waals surface area contributed by atoms with Crippen LogP contribution >= 0.6 is 0 Å². The second-order valence-corrected chi connectivity index (χ2v) is 14.8. The van der Waals surface area contributed by atoms with Crippen molar-refractivity contribution in [2.24, 2.45) is 17.8 Å². The maximum Gasteiger partial charge on any atom is 0.0717 e. The standard InChI is InChI=1S/C14H20O.C13H18.C10H14.C8H10.C4H7N.2C2H6.CH4.H2O/c1-12(9-13-7-8-13)10-15-11-14-5-3-2-4-6-14;1-2-5-9-12(8-4-1)13-10-6-3-7-11-13;1-3-9-5-7-10(4-2)8-6-9;1-7-5-3-4-6-8(7)2;1-4(2)3-5;2*1-2;;/h2-6,12-13H,7-11H2,1H3;3,6-7,10-12H,1-2,4-5,8-9H2;5-8H,3-4H2,1-2H3;3-6H,1-2H3;4H,1-2H3;2*1-2H3;1H4;1H2. The topological polar surface area (TPSA) is 64.5 Å². The van der Waals surface area contributed by atoms with E-state index in [-0.39, 0.29) is 18.8 Å². The lowest BCUT2D eigenvalue weighted by atomic mass is 9.92. The molecule has 0 saturated heterocycles. The molecular weight excluding hydrogens is 695 g/mol. The molecule has 0 heterocycles. The van der Waals surface area contributed by atoms with Gasteiger partial charge < -0.3 is 10.2 Å². The van der Waals surface area contributed by atoms with Gasteiger partial charge in [0.25, 0.3) is 0 Å². The predicted octanol–water partition coefficient (Wildman–Crippen LogP) is 15.9. The van der Waals surface area contributed by atoms with Crippen LogP contribution in [0, 0.1) is 42.9 Å². The molecular formula is C54H87NO2. The maximum absolute atomic E-state index is 7.89. The average Bonchev–Trinajstić information content (AvgIpc) is 4.10. The molecule has 0 amide bonds. The van der Waals surface area contributed by atoms with Crippen molar-refractivity contribution in [3.63, 3.8) is 0 Å². The zero-order valence-electron chi connectivity index (χ0n) is 37.7. The number of ether oxygens (including phenoxy) is 1. The third kappa shape index (κ3) is 31.0. The molecule has 3 nitrogen and oxygen atoms in total. The molecule has 4 aromatic rings. The van der Waals surface area contributed by atoms with E-state index in [0.717, 1.165) is 43.8 Å². The van der Waals surface area contributed by atoms with E-state index in [1.54, 1.807) is 5.56 Å². The number of nitrogens with zero attached hydrogens (tertiary/aromatic N) is 1. The van der Waals surface area contributed by atoms with Crippen LogP contribution in [0.1, 0.15) is 167 Å². The fourth-order valence-corrected chi connectivity index (χ4v) is 5.95. The third-order valence-electron chi connectivity index (χ3n) is 9.60. The summed E-state index contributed by atoms with van der Waals surface area (Å²) < 4.78 is 5.71. The molecule has 4 aromatic carbocycles. The smallest absolute Gasteiger partial charge is 0.0717 e. The molecule has 0 aliphatic heterocycles. The Morgan fingerprint density at radius 3 is 1.37 bits per heavy atom. The van der Waals surface area contributed by atoms with Crippen molar-refractivity contribution < 1.29 is 10.2 Å². The van der Waals surface area contributed by atoms with Gasteiger partial charge in [-0.1, -0.05) is 204 Å².